The molecule has 7 nitrogen and oxygen atoms in total. The Balaban J connectivity index is 1.49. The summed E-state index contributed by atoms with van der Waals surface area (Å²) >= 11 is 0. The number of hydrogen-bond acceptors (Lipinski definition) is 4. The second kappa shape index (κ2) is 8.09. The molecule has 1 fully saturated rings. The van der Waals surface area contributed by atoms with Crippen molar-refractivity contribution in [1.82, 2.24) is 15.5 Å². The Hall–Kier alpha value is -4.13. The summed E-state index contributed by atoms with van der Waals surface area (Å²) in [5.41, 5.74) is 2.54. The molecule has 2 aliphatic rings. The third-order valence-corrected chi connectivity index (χ3v) is 6.10. The van der Waals surface area contributed by atoms with Crippen LogP contribution in [-0.4, -0.2) is 29.3 Å². The molecular formula is C26H23N3O4. The van der Waals surface area contributed by atoms with Gasteiger partial charge in [-0.3, -0.25) is 14.9 Å². The summed E-state index contributed by atoms with van der Waals surface area (Å²) in [4.78, 5) is 40.2. The van der Waals surface area contributed by atoms with E-state index in [-0.39, 0.29) is 12.5 Å². The first-order valence-corrected chi connectivity index (χ1v) is 10.7. The van der Waals surface area contributed by atoms with E-state index in [1.165, 1.54) is 0 Å². The molecule has 3 aromatic carbocycles. The highest BCUT2D eigenvalue weighted by atomic mass is 16.5. The quantitative estimate of drug-likeness (QED) is 0.575. The minimum absolute atomic E-state index is 0.0111. The number of fused-ring (bicyclic) bond motifs is 1. The van der Waals surface area contributed by atoms with Crippen molar-refractivity contribution in [3.05, 3.63) is 101 Å². The number of carbonyl (C=O) groups excluding carboxylic acids is 3. The van der Waals surface area contributed by atoms with Gasteiger partial charge in [-0.1, -0.05) is 66.2 Å². The number of amides is 4. The lowest BCUT2D eigenvalue weighted by atomic mass is 9.88. The van der Waals surface area contributed by atoms with Crippen LogP contribution in [0.1, 0.15) is 32.6 Å². The number of rotatable bonds is 6. The average molecular weight is 441 g/mol. The van der Waals surface area contributed by atoms with Gasteiger partial charge in [-0.2, -0.15) is 0 Å². The predicted octanol–water partition coefficient (Wildman–Crippen LogP) is 3.26. The fraction of sp³-hybridized carbons (Fsp3) is 0.192. The molecule has 0 saturated carbocycles. The molecule has 2 aliphatic heterocycles. The molecule has 0 aromatic heterocycles. The molecule has 0 aliphatic carbocycles. The van der Waals surface area contributed by atoms with E-state index >= 15 is 0 Å². The molecule has 4 amide bonds. The molecular weight excluding hydrogens is 418 g/mol. The number of nitrogens with zero attached hydrogens (tertiary/aromatic N) is 1. The molecule has 2 heterocycles. The highest BCUT2D eigenvalue weighted by Gasteiger charge is 2.51. The average Bonchev–Trinajstić information content (AvgIpc) is 3.28. The number of nitrogens with one attached hydrogen (secondary N) is 2. The van der Waals surface area contributed by atoms with E-state index in [4.69, 9.17) is 4.74 Å². The first-order valence-electron chi connectivity index (χ1n) is 10.7. The number of hydrogen-bond donors (Lipinski definition) is 2. The van der Waals surface area contributed by atoms with Gasteiger partial charge in [0, 0.05) is 17.7 Å². The minimum Gasteiger partial charge on any atom is -0.489 e. The Morgan fingerprint density at radius 2 is 1.73 bits per heavy atom. The van der Waals surface area contributed by atoms with E-state index < -0.39 is 17.5 Å². The van der Waals surface area contributed by atoms with Crippen LogP contribution < -0.4 is 15.4 Å². The third-order valence-electron chi connectivity index (χ3n) is 6.10. The molecule has 5 rings (SSSR count). The van der Waals surface area contributed by atoms with Crippen LogP contribution in [0, 0.1) is 6.92 Å². The molecule has 7 heteroatoms. The van der Waals surface area contributed by atoms with Gasteiger partial charge < -0.3 is 15.0 Å². The molecule has 1 atom stereocenters. The Kier molecular flexibility index (Phi) is 5.09. The van der Waals surface area contributed by atoms with Crippen molar-refractivity contribution in [2.24, 2.45) is 0 Å². The molecule has 0 radical (unpaired) electrons. The van der Waals surface area contributed by atoms with E-state index in [2.05, 4.69) is 10.6 Å². The maximum atomic E-state index is 13.2. The predicted molar refractivity (Wildman–Crippen MR) is 121 cm³/mol. The first kappa shape index (κ1) is 20.8. The maximum absolute atomic E-state index is 13.2. The highest BCUT2D eigenvalue weighted by molar-refractivity contribution is 6.08. The lowest BCUT2D eigenvalue weighted by molar-refractivity contribution is -0.124. The molecule has 0 spiro atoms. The van der Waals surface area contributed by atoms with Crippen LogP contribution in [0.2, 0.25) is 0 Å². The van der Waals surface area contributed by atoms with Crippen molar-refractivity contribution in [2.45, 2.75) is 25.6 Å². The zero-order valence-corrected chi connectivity index (χ0v) is 18.1. The second-order valence-electron chi connectivity index (χ2n) is 8.41. The van der Waals surface area contributed by atoms with Gasteiger partial charge in [-0.05, 0) is 30.2 Å². The van der Waals surface area contributed by atoms with Gasteiger partial charge in [-0.25, -0.2) is 4.79 Å². The summed E-state index contributed by atoms with van der Waals surface area (Å²) in [7, 11) is 0. The van der Waals surface area contributed by atoms with E-state index in [1.54, 1.807) is 23.1 Å². The van der Waals surface area contributed by atoms with E-state index in [9.17, 15) is 14.4 Å². The van der Waals surface area contributed by atoms with Crippen molar-refractivity contribution in [3.8, 4) is 5.75 Å². The van der Waals surface area contributed by atoms with Gasteiger partial charge in [0.15, 0.2) is 5.54 Å². The largest absolute Gasteiger partial charge is 0.489 e. The van der Waals surface area contributed by atoms with Gasteiger partial charge in [0.1, 0.15) is 12.4 Å². The second-order valence-corrected chi connectivity index (χ2v) is 8.41. The van der Waals surface area contributed by atoms with Crippen molar-refractivity contribution in [1.29, 1.82) is 0 Å². The molecule has 2 N–H and O–H groups in total. The maximum Gasteiger partial charge on any atom is 0.322 e. The smallest absolute Gasteiger partial charge is 0.322 e. The molecule has 1 unspecified atom stereocenters. The van der Waals surface area contributed by atoms with Crippen LogP contribution >= 0.6 is 0 Å². The zero-order valence-electron chi connectivity index (χ0n) is 18.1. The number of para-hydroxylation sites is 1. The fourth-order valence-electron chi connectivity index (χ4n) is 4.45. The number of benzene rings is 3. The third kappa shape index (κ3) is 3.71. The van der Waals surface area contributed by atoms with Gasteiger partial charge >= 0.3 is 6.03 Å². The van der Waals surface area contributed by atoms with Crippen LogP contribution in [0.4, 0.5) is 4.79 Å². The summed E-state index contributed by atoms with van der Waals surface area (Å²) in [5.74, 6) is -0.202. The minimum atomic E-state index is -1.46. The van der Waals surface area contributed by atoms with Crippen LogP contribution in [0.5, 0.6) is 5.75 Å². The summed E-state index contributed by atoms with van der Waals surface area (Å²) < 4.78 is 6.08. The molecule has 33 heavy (non-hydrogen) atoms. The van der Waals surface area contributed by atoms with Crippen LogP contribution in [0.25, 0.3) is 0 Å². The topological polar surface area (TPSA) is 87.7 Å². The van der Waals surface area contributed by atoms with Crippen molar-refractivity contribution in [3.63, 3.8) is 0 Å². The Bertz CT molecular complexity index is 1260. The molecule has 0 bridgehead atoms. The first-order chi connectivity index (χ1) is 16.0. The molecule has 1 saturated heterocycles. The monoisotopic (exact) mass is 441 g/mol. The van der Waals surface area contributed by atoms with Crippen molar-refractivity contribution in [2.75, 3.05) is 6.54 Å². The van der Waals surface area contributed by atoms with Gasteiger partial charge in [-0.15, -0.1) is 0 Å². The SMILES string of the molecule is Cc1ccc2c(c1)C(=O)N(CC1(c3ccccc3OCc3ccccc3)NC(=O)NC1=O)C2. The van der Waals surface area contributed by atoms with E-state index in [0.717, 1.165) is 16.7 Å². The Labute approximate surface area is 191 Å². The van der Waals surface area contributed by atoms with E-state index in [0.29, 0.717) is 30.0 Å². The standard InChI is InChI=1S/C26H23N3O4/c1-17-11-12-19-14-29(23(30)20(19)13-17)16-26(24(31)27-25(32)28-26)21-9-5-6-10-22(21)33-15-18-7-3-2-4-8-18/h2-13H,14-16H2,1H3,(H2,27,28,31,32). The van der Waals surface area contributed by atoms with Gasteiger partial charge in [0.05, 0.1) is 6.54 Å². The van der Waals surface area contributed by atoms with Crippen LogP contribution in [0.3, 0.4) is 0 Å². The lowest BCUT2D eigenvalue weighted by Gasteiger charge is -2.32. The van der Waals surface area contributed by atoms with Crippen LogP contribution in [0.15, 0.2) is 72.8 Å². The van der Waals surface area contributed by atoms with Crippen molar-refractivity contribution >= 4 is 17.8 Å². The molecule has 166 valence electrons. The zero-order chi connectivity index (χ0) is 23.0. The van der Waals surface area contributed by atoms with Gasteiger partial charge in [0.2, 0.25) is 0 Å². The number of carbonyl (C=O) groups is 3. The highest BCUT2D eigenvalue weighted by Crippen LogP contribution is 2.36. The summed E-state index contributed by atoms with van der Waals surface area (Å²) in [6, 6.07) is 21.9. The Morgan fingerprint density at radius 1 is 0.970 bits per heavy atom. The lowest BCUT2D eigenvalue weighted by Crippen LogP contribution is -2.52. The normalized spacial score (nSPS) is 19.3. The van der Waals surface area contributed by atoms with Crippen LogP contribution in [-0.2, 0) is 23.5 Å². The number of aryl methyl sites for hydroxylation is 1. The summed E-state index contributed by atoms with van der Waals surface area (Å²) in [6.07, 6.45) is 0. The summed E-state index contributed by atoms with van der Waals surface area (Å²) in [6.45, 7) is 2.59. The fourth-order valence-corrected chi connectivity index (χ4v) is 4.45. The Morgan fingerprint density at radius 3 is 2.48 bits per heavy atom. The van der Waals surface area contributed by atoms with Gasteiger partial charge in [0.25, 0.3) is 11.8 Å². The summed E-state index contributed by atoms with van der Waals surface area (Å²) in [5, 5.41) is 5.13. The number of imide groups is 1. The number of ether oxygens (including phenoxy) is 1. The van der Waals surface area contributed by atoms with E-state index in [1.807, 2.05) is 61.5 Å². The number of urea groups is 1. The molecule has 3 aromatic rings. The van der Waals surface area contributed by atoms with Crippen molar-refractivity contribution < 1.29 is 19.1 Å².